The molecule has 0 bridgehead atoms. The molecule has 2 aromatic carbocycles. The van der Waals surface area contributed by atoms with E-state index >= 15 is 0 Å². The number of thiol groups is 1. The van der Waals surface area contributed by atoms with Gasteiger partial charge in [-0.1, -0.05) is 46.3 Å². The Labute approximate surface area is 199 Å². The molecule has 0 aliphatic carbocycles. The molecule has 1 aliphatic heterocycles. The highest BCUT2D eigenvalue weighted by molar-refractivity contribution is 8.03. The lowest BCUT2D eigenvalue weighted by Crippen LogP contribution is -2.44. The molecular weight excluding hydrogens is 497 g/mol. The van der Waals surface area contributed by atoms with Gasteiger partial charge in [-0.3, -0.25) is 4.79 Å². The summed E-state index contributed by atoms with van der Waals surface area (Å²) >= 11 is 15.5. The number of carbonyl (C=O) groups excluding carboxylic acids is 1. The molecule has 6 nitrogen and oxygen atoms in total. The van der Waals surface area contributed by atoms with Gasteiger partial charge in [0, 0.05) is 34.6 Å². The van der Waals surface area contributed by atoms with Crippen molar-refractivity contribution >= 4 is 85.1 Å². The first-order valence-electron chi connectivity index (χ1n) is 9.28. The molecule has 2 heterocycles. The van der Waals surface area contributed by atoms with Crippen LogP contribution in [-0.4, -0.2) is 32.2 Å². The maximum atomic E-state index is 12.5. The van der Waals surface area contributed by atoms with Crippen LogP contribution in [0.1, 0.15) is 11.9 Å². The second-order valence-electron chi connectivity index (χ2n) is 6.73. The van der Waals surface area contributed by atoms with Crippen molar-refractivity contribution < 1.29 is 17.8 Å². The Morgan fingerprint density at radius 2 is 1.90 bits per heavy atom. The Morgan fingerprint density at radius 1 is 1.19 bits per heavy atom. The normalized spacial score (nSPS) is 14.6. The second-order valence-corrected chi connectivity index (χ2v) is 10.8. The van der Waals surface area contributed by atoms with Gasteiger partial charge in [-0.2, -0.15) is 4.57 Å². The Bertz CT molecular complexity index is 1300. The van der Waals surface area contributed by atoms with Crippen molar-refractivity contribution in [2.24, 2.45) is 0 Å². The van der Waals surface area contributed by atoms with Crippen molar-refractivity contribution in [2.45, 2.75) is 18.4 Å². The zero-order chi connectivity index (χ0) is 22.3. The quantitative estimate of drug-likeness (QED) is 0.403. The summed E-state index contributed by atoms with van der Waals surface area (Å²) in [4.78, 5) is 15.8. The molecule has 1 aliphatic rings. The van der Waals surface area contributed by atoms with Crippen molar-refractivity contribution in [1.29, 1.82) is 0 Å². The summed E-state index contributed by atoms with van der Waals surface area (Å²) in [7, 11) is -1.74. The number of fused-ring (bicyclic) bond motifs is 2. The van der Waals surface area contributed by atoms with E-state index in [0.717, 1.165) is 41.7 Å². The number of aromatic nitrogens is 1. The molecular formula is C20H18Cl2N3O3S3+. The standard InChI is InChI=1S/C20H18Cl2N3O3S3/c1-3-24-14-8-12(21)4-6-16(14)29-19(24)10-20-25(11-18(26)23(2)31(27)28)15-9-13(22)5-7-17(15)30-20/h4-10,31H,3,11H2,1-2H3/q+1. The van der Waals surface area contributed by atoms with Crippen LogP contribution in [0.4, 0.5) is 5.69 Å². The molecule has 162 valence electrons. The first-order chi connectivity index (χ1) is 14.8. The lowest BCUT2D eigenvalue weighted by atomic mass is 10.3. The molecule has 0 saturated heterocycles. The number of thioether (sulfide) groups is 1. The predicted octanol–water partition coefficient (Wildman–Crippen LogP) is 4.41. The smallest absolute Gasteiger partial charge is 0.301 e. The Balaban J connectivity index is 1.81. The van der Waals surface area contributed by atoms with Crippen molar-refractivity contribution in [2.75, 3.05) is 18.5 Å². The van der Waals surface area contributed by atoms with Gasteiger partial charge in [-0.05, 0) is 37.3 Å². The van der Waals surface area contributed by atoms with E-state index in [1.54, 1.807) is 28.5 Å². The minimum absolute atomic E-state index is 0.116. The molecule has 0 spiro atoms. The van der Waals surface area contributed by atoms with Crippen LogP contribution in [0.5, 0.6) is 0 Å². The summed E-state index contributed by atoms with van der Waals surface area (Å²) in [6.07, 6.45) is 2.02. The van der Waals surface area contributed by atoms with Crippen LogP contribution >= 0.6 is 46.3 Å². The molecule has 1 amide bonds. The number of halogens is 2. The lowest BCUT2D eigenvalue weighted by Gasteiger charge is -2.17. The summed E-state index contributed by atoms with van der Waals surface area (Å²) in [5, 5.41) is 3.04. The first-order valence-corrected chi connectivity index (χ1v) is 12.8. The number of thiazole rings is 1. The van der Waals surface area contributed by atoms with E-state index in [0.29, 0.717) is 10.0 Å². The molecule has 0 unspecified atom stereocenters. The van der Waals surface area contributed by atoms with Gasteiger partial charge in [0.05, 0.1) is 16.8 Å². The third-order valence-corrected chi connectivity index (χ3v) is 8.26. The first kappa shape index (κ1) is 22.4. The highest BCUT2D eigenvalue weighted by atomic mass is 35.5. The van der Waals surface area contributed by atoms with Crippen molar-refractivity contribution in [1.82, 2.24) is 4.31 Å². The molecule has 1 aromatic heterocycles. The fourth-order valence-electron chi connectivity index (χ4n) is 3.29. The van der Waals surface area contributed by atoms with Gasteiger partial charge in [0.2, 0.25) is 23.0 Å². The number of rotatable bonds is 5. The summed E-state index contributed by atoms with van der Waals surface area (Å²) < 4.78 is 26.0. The van der Waals surface area contributed by atoms with Crippen molar-refractivity contribution in [3.05, 3.63) is 56.5 Å². The zero-order valence-electron chi connectivity index (χ0n) is 16.5. The maximum absolute atomic E-state index is 12.5. The number of anilines is 1. The van der Waals surface area contributed by atoms with Gasteiger partial charge in [-0.25, -0.2) is 12.7 Å². The largest absolute Gasteiger partial charge is 0.335 e. The van der Waals surface area contributed by atoms with Crippen LogP contribution in [0.15, 0.2) is 46.3 Å². The average Bonchev–Trinajstić information content (AvgIpc) is 3.24. The van der Waals surface area contributed by atoms with Gasteiger partial charge in [-0.15, -0.1) is 0 Å². The summed E-state index contributed by atoms with van der Waals surface area (Å²) in [6, 6.07) is 11.3. The molecule has 3 aromatic rings. The summed E-state index contributed by atoms with van der Waals surface area (Å²) in [5.41, 5.74) is 1.82. The van der Waals surface area contributed by atoms with Crippen LogP contribution in [0.25, 0.3) is 16.3 Å². The molecule has 31 heavy (non-hydrogen) atoms. The minimum atomic E-state index is -2.99. The number of hydrogen-bond donors (Lipinski definition) is 1. The number of likely N-dealkylation sites (N-methyl/N-ethyl adjacent to an activating group) is 1. The number of amides is 1. The number of carbonyl (C=O) groups is 1. The third kappa shape index (κ3) is 4.42. The van der Waals surface area contributed by atoms with Crippen LogP contribution in [-0.2, 0) is 22.2 Å². The molecule has 0 saturated carbocycles. The third-order valence-electron chi connectivity index (χ3n) is 4.85. The van der Waals surface area contributed by atoms with E-state index in [-0.39, 0.29) is 6.54 Å². The molecule has 0 radical (unpaired) electrons. The number of benzene rings is 2. The Morgan fingerprint density at radius 3 is 2.61 bits per heavy atom. The zero-order valence-corrected chi connectivity index (χ0v) is 20.6. The van der Waals surface area contributed by atoms with Gasteiger partial charge < -0.3 is 4.90 Å². The predicted molar refractivity (Wildman–Crippen MR) is 128 cm³/mol. The molecule has 11 heteroatoms. The number of hydrogen-bond acceptors (Lipinski definition) is 6. The lowest BCUT2D eigenvalue weighted by molar-refractivity contribution is -0.656. The Hall–Kier alpha value is -1.78. The van der Waals surface area contributed by atoms with E-state index < -0.39 is 16.8 Å². The van der Waals surface area contributed by atoms with Crippen LogP contribution in [0.3, 0.4) is 0 Å². The Kier molecular flexibility index (Phi) is 6.50. The molecule has 0 fully saturated rings. The minimum Gasteiger partial charge on any atom is -0.335 e. The van der Waals surface area contributed by atoms with Crippen LogP contribution in [0.2, 0.25) is 10.0 Å². The van der Waals surface area contributed by atoms with Crippen molar-refractivity contribution in [3.63, 3.8) is 0 Å². The molecule has 0 N–H and O–H groups in total. The van der Waals surface area contributed by atoms with Crippen LogP contribution in [0, 0.1) is 0 Å². The number of nitrogens with zero attached hydrogens (tertiary/aromatic N) is 3. The van der Waals surface area contributed by atoms with Gasteiger partial charge >= 0.3 is 5.91 Å². The SMILES string of the molecule is CCN1/C(=C/c2sc3ccc(Cl)cc3[n+]2CC(=O)N(C)[SH](=O)=O)Sc2ccc(Cl)cc21. The highest BCUT2D eigenvalue weighted by Gasteiger charge is 2.29. The highest BCUT2D eigenvalue weighted by Crippen LogP contribution is 2.47. The van der Waals surface area contributed by atoms with Gasteiger partial charge in [0.15, 0.2) is 0 Å². The molecule has 4 rings (SSSR count). The van der Waals surface area contributed by atoms with Crippen LogP contribution < -0.4 is 9.47 Å². The topological polar surface area (TPSA) is 61.6 Å². The average molecular weight is 515 g/mol. The molecule has 0 atom stereocenters. The van der Waals surface area contributed by atoms with Gasteiger partial charge in [0.25, 0.3) is 5.01 Å². The van der Waals surface area contributed by atoms with E-state index in [1.807, 2.05) is 30.3 Å². The van der Waals surface area contributed by atoms with E-state index in [9.17, 15) is 13.2 Å². The van der Waals surface area contributed by atoms with Gasteiger partial charge in [0.1, 0.15) is 4.70 Å². The summed E-state index contributed by atoms with van der Waals surface area (Å²) in [5.74, 6) is -0.526. The van der Waals surface area contributed by atoms with E-state index in [1.165, 1.54) is 18.4 Å². The van der Waals surface area contributed by atoms with E-state index in [4.69, 9.17) is 23.2 Å². The van der Waals surface area contributed by atoms with E-state index in [2.05, 4.69) is 11.8 Å². The summed E-state index contributed by atoms with van der Waals surface area (Å²) in [6.45, 7) is 2.70. The fourth-order valence-corrected chi connectivity index (χ4v) is 6.16. The second kappa shape index (κ2) is 8.99. The fraction of sp³-hybridized carbons (Fsp3) is 0.200. The maximum Gasteiger partial charge on any atom is 0.301 e. The van der Waals surface area contributed by atoms with Crippen molar-refractivity contribution in [3.8, 4) is 0 Å². The monoisotopic (exact) mass is 514 g/mol.